The van der Waals surface area contributed by atoms with Crippen LogP contribution in [0.4, 0.5) is 5.69 Å². The molecule has 0 spiro atoms. The first-order chi connectivity index (χ1) is 10.6. The molecule has 4 heteroatoms. The van der Waals surface area contributed by atoms with E-state index in [-0.39, 0.29) is 11.8 Å². The monoisotopic (exact) mass is 295 g/mol. The van der Waals surface area contributed by atoms with Gasteiger partial charge in [0.25, 0.3) is 0 Å². The lowest BCUT2D eigenvalue weighted by molar-refractivity contribution is -0.117. The van der Waals surface area contributed by atoms with Crippen LogP contribution in [-0.2, 0) is 4.79 Å². The quantitative estimate of drug-likeness (QED) is 0.693. The van der Waals surface area contributed by atoms with E-state index in [1.54, 1.807) is 36.4 Å². The molecule has 112 valence electrons. The lowest BCUT2D eigenvalue weighted by atomic mass is 10.2. The van der Waals surface area contributed by atoms with E-state index in [0.717, 1.165) is 18.4 Å². The minimum absolute atomic E-state index is 0.0176. The molecule has 22 heavy (non-hydrogen) atoms. The van der Waals surface area contributed by atoms with Gasteiger partial charge in [-0.25, -0.2) is 4.79 Å². The van der Waals surface area contributed by atoms with E-state index in [1.807, 2.05) is 19.1 Å². The maximum absolute atomic E-state index is 12.1. The van der Waals surface area contributed by atoms with Gasteiger partial charge in [-0.15, -0.1) is 0 Å². The normalized spacial score (nSPS) is 13.5. The van der Waals surface area contributed by atoms with Gasteiger partial charge in [-0.3, -0.25) is 4.79 Å². The largest absolute Gasteiger partial charge is 0.423 e. The number of carbonyl (C=O) groups excluding carboxylic acids is 2. The topological polar surface area (TPSA) is 55.4 Å². The molecule has 1 aliphatic rings. The first-order valence-corrected chi connectivity index (χ1v) is 7.31. The molecule has 1 aliphatic carbocycles. The fourth-order valence-electron chi connectivity index (χ4n) is 2.09. The minimum Gasteiger partial charge on any atom is -0.423 e. The second-order valence-corrected chi connectivity index (χ2v) is 5.55. The van der Waals surface area contributed by atoms with Gasteiger partial charge < -0.3 is 10.1 Å². The Balaban J connectivity index is 1.69. The molecular weight excluding hydrogens is 278 g/mol. The van der Waals surface area contributed by atoms with Crippen LogP contribution in [0.2, 0.25) is 0 Å². The molecule has 2 aromatic carbocycles. The molecule has 1 amide bonds. The lowest BCUT2D eigenvalue weighted by Crippen LogP contribution is -2.14. The molecular formula is C18H17NO3. The highest BCUT2D eigenvalue weighted by atomic mass is 16.5. The molecule has 0 saturated heterocycles. The third-order valence-electron chi connectivity index (χ3n) is 3.55. The smallest absolute Gasteiger partial charge is 0.343 e. The van der Waals surface area contributed by atoms with Crippen molar-refractivity contribution < 1.29 is 14.3 Å². The molecule has 3 rings (SSSR count). The van der Waals surface area contributed by atoms with E-state index in [1.165, 1.54) is 0 Å². The molecule has 0 bridgehead atoms. The zero-order chi connectivity index (χ0) is 15.5. The molecule has 1 N–H and O–H groups in total. The molecule has 0 atom stereocenters. The first kappa shape index (κ1) is 14.3. The van der Waals surface area contributed by atoms with Crippen molar-refractivity contribution in [3.63, 3.8) is 0 Å². The number of nitrogens with one attached hydrogen (secondary N) is 1. The Morgan fingerprint density at radius 3 is 2.50 bits per heavy atom. The standard InChI is InChI=1S/C18H17NO3/c1-12-5-9-16(10-6-12)22-18(21)14-3-2-4-15(11-14)19-17(20)13-7-8-13/h2-6,9-11,13H,7-8H2,1H3,(H,19,20). The number of amides is 1. The number of aryl methyl sites for hydroxylation is 1. The lowest BCUT2D eigenvalue weighted by Gasteiger charge is -2.07. The van der Waals surface area contributed by atoms with Crippen molar-refractivity contribution >= 4 is 17.6 Å². The van der Waals surface area contributed by atoms with Gasteiger partial charge in [0.1, 0.15) is 5.75 Å². The molecule has 2 aromatic rings. The molecule has 1 fully saturated rings. The summed E-state index contributed by atoms with van der Waals surface area (Å²) < 4.78 is 5.32. The summed E-state index contributed by atoms with van der Waals surface area (Å²) in [6.07, 6.45) is 1.89. The summed E-state index contributed by atoms with van der Waals surface area (Å²) in [5.41, 5.74) is 2.13. The second-order valence-electron chi connectivity index (χ2n) is 5.55. The second kappa shape index (κ2) is 6.02. The number of benzene rings is 2. The zero-order valence-corrected chi connectivity index (χ0v) is 12.3. The predicted octanol–water partition coefficient (Wildman–Crippen LogP) is 3.56. The summed E-state index contributed by atoms with van der Waals surface area (Å²) in [5, 5.41) is 2.82. The van der Waals surface area contributed by atoms with Crippen LogP contribution < -0.4 is 10.1 Å². The van der Waals surface area contributed by atoms with Crippen LogP contribution in [-0.4, -0.2) is 11.9 Å². The summed E-state index contributed by atoms with van der Waals surface area (Å²) in [6, 6.07) is 14.1. The Morgan fingerprint density at radius 1 is 1.09 bits per heavy atom. The summed E-state index contributed by atoms with van der Waals surface area (Å²) >= 11 is 0. The van der Waals surface area contributed by atoms with E-state index in [2.05, 4.69) is 5.32 Å². The Bertz CT molecular complexity index is 703. The number of ether oxygens (including phenoxy) is 1. The fourth-order valence-corrected chi connectivity index (χ4v) is 2.09. The number of hydrogen-bond donors (Lipinski definition) is 1. The van der Waals surface area contributed by atoms with Gasteiger partial charge in [0, 0.05) is 11.6 Å². The number of esters is 1. The molecule has 0 radical (unpaired) electrons. The van der Waals surface area contributed by atoms with E-state index < -0.39 is 5.97 Å². The van der Waals surface area contributed by atoms with Gasteiger partial charge in [0.15, 0.2) is 0 Å². The number of carbonyl (C=O) groups is 2. The van der Waals surface area contributed by atoms with E-state index >= 15 is 0 Å². The number of anilines is 1. The third kappa shape index (κ3) is 3.52. The van der Waals surface area contributed by atoms with Crippen molar-refractivity contribution in [1.82, 2.24) is 0 Å². The van der Waals surface area contributed by atoms with E-state index in [0.29, 0.717) is 17.0 Å². The van der Waals surface area contributed by atoms with Gasteiger partial charge in [0.2, 0.25) is 5.91 Å². The highest BCUT2D eigenvalue weighted by Gasteiger charge is 2.29. The zero-order valence-electron chi connectivity index (χ0n) is 12.3. The van der Waals surface area contributed by atoms with Gasteiger partial charge in [-0.05, 0) is 50.1 Å². The average molecular weight is 295 g/mol. The van der Waals surface area contributed by atoms with Crippen LogP contribution in [0.5, 0.6) is 5.75 Å². The summed E-state index contributed by atoms with van der Waals surface area (Å²) in [4.78, 5) is 23.9. The SMILES string of the molecule is Cc1ccc(OC(=O)c2cccc(NC(=O)C3CC3)c2)cc1. The van der Waals surface area contributed by atoms with Crippen LogP contribution in [0.1, 0.15) is 28.8 Å². The predicted molar refractivity (Wildman–Crippen MR) is 83.9 cm³/mol. The van der Waals surface area contributed by atoms with Crippen molar-refractivity contribution in [3.8, 4) is 5.75 Å². The summed E-state index contributed by atoms with van der Waals surface area (Å²) in [7, 11) is 0. The van der Waals surface area contributed by atoms with E-state index in [4.69, 9.17) is 4.74 Å². The minimum atomic E-state index is -0.439. The van der Waals surface area contributed by atoms with Crippen LogP contribution in [0.15, 0.2) is 48.5 Å². The first-order valence-electron chi connectivity index (χ1n) is 7.31. The average Bonchev–Trinajstić information content (AvgIpc) is 3.34. The van der Waals surface area contributed by atoms with Crippen molar-refractivity contribution in [3.05, 3.63) is 59.7 Å². The molecule has 0 unspecified atom stereocenters. The van der Waals surface area contributed by atoms with Crippen molar-refractivity contribution in [1.29, 1.82) is 0 Å². The van der Waals surface area contributed by atoms with Gasteiger partial charge >= 0.3 is 5.97 Å². The number of hydrogen-bond acceptors (Lipinski definition) is 3. The maximum atomic E-state index is 12.1. The van der Waals surface area contributed by atoms with Crippen molar-refractivity contribution in [2.45, 2.75) is 19.8 Å². The Morgan fingerprint density at radius 2 is 1.82 bits per heavy atom. The van der Waals surface area contributed by atoms with Crippen molar-refractivity contribution in [2.24, 2.45) is 5.92 Å². The fraction of sp³-hybridized carbons (Fsp3) is 0.222. The summed E-state index contributed by atoms with van der Waals surface area (Å²) in [5.74, 6) is 0.210. The Kier molecular flexibility index (Phi) is 3.92. The van der Waals surface area contributed by atoms with Gasteiger partial charge in [-0.1, -0.05) is 23.8 Å². The molecule has 0 heterocycles. The van der Waals surface area contributed by atoms with Gasteiger partial charge in [-0.2, -0.15) is 0 Å². The highest BCUT2D eigenvalue weighted by molar-refractivity contribution is 5.96. The molecule has 0 aromatic heterocycles. The number of rotatable bonds is 4. The third-order valence-corrected chi connectivity index (χ3v) is 3.55. The van der Waals surface area contributed by atoms with Crippen LogP contribution in [0.25, 0.3) is 0 Å². The van der Waals surface area contributed by atoms with E-state index in [9.17, 15) is 9.59 Å². The highest BCUT2D eigenvalue weighted by Crippen LogP contribution is 2.30. The summed E-state index contributed by atoms with van der Waals surface area (Å²) in [6.45, 7) is 1.97. The molecule has 4 nitrogen and oxygen atoms in total. The van der Waals surface area contributed by atoms with Gasteiger partial charge in [0.05, 0.1) is 5.56 Å². The van der Waals surface area contributed by atoms with Crippen LogP contribution in [0, 0.1) is 12.8 Å². The Hall–Kier alpha value is -2.62. The van der Waals surface area contributed by atoms with Crippen LogP contribution in [0.3, 0.4) is 0 Å². The molecule has 1 saturated carbocycles. The maximum Gasteiger partial charge on any atom is 0.343 e. The molecule has 0 aliphatic heterocycles. The van der Waals surface area contributed by atoms with Crippen LogP contribution >= 0.6 is 0 Å². The van der Waals surface area contributed by atoms with Crippen molar-refractivity contribution in [2.75, 3.05) is 5.32 Å². The Labute approximate surface area is 129 Å².